The second-order valence-corrected chi connectivity index (χ2v) is 16.1. The van der Waals surface area contributed by atoms with Gasteiger partial charge in [0.2, 0.25) is 0 Å². The van der Waals surface area contributed by atoms with Gasteiger partial charge in [-0.15, -0.1) is 0 Å². The van der Waals surface area contributed by atoms with Gasteiger partial charge in [-0.05, 0) is 12.8 Å². The molecular weight excluding hydrogens is 683 g/mol. The van der Waals surface area contributed by atoms with E-state index in [0.29, 0.717) is 12.8 Å². The van der Waals surface area contributed by atoms with Gasteiger partial charge in [-0.2, -0.15) is 0 Å². The molecule has 10 nitrogen and oxygen atoms in total. The lowest BCUT2D eigenvalue weighted by Gasteiger charge is -2.20. The third-order valence-corrected chi connectivity index (χ3v) is 10.5. The first kappa shape index (κ1) is 51.0. The zero-order valence-corrected chi connectivity index (χ0v) is 34.4. The van der Waals surface area contributed by atoms with Crippen LogP contribution in [-0.2, 0) is 32.7 Å². The van der Waals surface area contributed by atoms with E-state index in [1.54, 1.807) is 0 Å². The fraction of sp³-hybridized carbons (Fsp3) is 0.951. The summed E-state index contributed by atoms with van der Waals surface area (Å²) in [6.07, 6.45) is 34.0. The van der Waals surface area contributed by atoms with Crippen molar-refractivity contribution in [1.29, 1.82) is 0 Å². The van der Waals surface area contributed by atoms with Gasteiger partial charge < -0.3 is 24.6 Å². The van der Waals surface area contributed by atoms with Gasteiger partial charge in [-0.25, -0.2) is 4.57 Å². The first-order chi connectivity index (χ1) is 25.3. The van der Waals surface area contributed by atoms with Crippen molar-refractivity contribution < 1.29 is 47.8 Å². The van der Waals surface area contributed by atoms with Crippen LogP contribution >= 0.6 is 7.82 Å². The quantitative estimate of drug-likeness (QED) is 0.0312. The number of ether oxygens (including phenoxy) is 2. The average Bonchev–Trinajstić information content (AvgIpc) is 3.13. The van der Waals surface area contributed by atoms with E-state index in [9.17, 15) is 29.3 Å². The Morgan fingerprint density at radius 2 is 0.673 bits per heavy atom. The molecule has 0 fully saturated rings. The number of unbranched alkanes of at least 4 members (excludes halogenated alkanes) is 27. The molecule has 310 valence electrons. The molecule has 0 saturated carbocycles. The van der Waals surface area contributed by atoms with Crippen molar-refractivity contribution in [2.45, 2.75) is 225 Å². The number of carbonyl (C=O) groups is 2. The van der Waals surface area contributed by atoms with Crippen molar-refractivity contribution in [3.8, 4) is 0 Å². The fourth-order valence-corrected chi connectivity index (χ4v) is 7.02. The summed E-state index contributed by atoms with van der Waals surface area (Å²) in [5.41, 5.74) is 0. The fourth-order valence-electron chi connectivity index (χ4n) is 6.23. The highest BCUT2D eigenvalue weighted by Gasteiger charge is 2.27. The molecule has 0 aliphatic carbocycles. The van der Waals surface area contributed by atoms with E-state index in [0.717, 1.165) is 38.5 Å². The largest absolute Gasteiger partial charge is 0.472 e. The molecule has 0 radical (unpaired) electrons. The molecule has 52 heavy (non-hydrogen) atoms. The van der Waals surface area contributed by atoms with E-state index >= 15 is 0 Å². The Hall–Kier alpha value is -1.03. The summed E-state index contributed by atoms with van der Waals surface area (Å²) in [5.74, 6) is -1.01. The zero-order chi connectivity index (χ0) is 38.4. The van der Waals surface area contributed by atoms with Gasteiger partial charge in [0, 0.05) is 12.8 Å². The SMILES string of the molecule is CCCCCCCCCCCCCCCCCCCCCCCCC(=O)OC(CO)COP(=O)(O)OCC(CO)OC(=O)CCCCCCCCC. The minimum atomic E-state index is -4.62. The van der Waals surface area contributed by atoms with Crippen molar-refractivity contribution in [2.75, 3.05) is 26.4 Å². The number of phosphoric acid groups is 1. The molecule has 11 heteroatoms. The van der Waals surface area contributed by atoms with Crippen LogP contribution in [0, 0.1) is 0 Å². The van der Waals surface area contributed by atoms with Gasteiger partial charge in [-0.1, -0.05) is 187 Å². The van der Waals surface area contributed by atoms with E-state index in [-0.39, 0.29) is 12.8 Å². The van der Waals surface area contributed by atoms with Crippen LogP contribution in [-0.4, -0.2) is 65.7 Å². The molecule has 0 bridgehead atoms. The molecule has 0 aromatic carbocycles. The van der Waals surface area contributed by atoms with Crippen LogP contribution in [0.3, 0.4) is 0 Å². The number of hydrogen-bond acceptors (Lipinski definition) is 9. The molecule has 0 aromatic rings. The van der Waals surface area contributed by atoms with Gasteiger partial charge in [0.25, 0.3) is 0 Å². The number of hydrogen-bond donors (Lipinski definition) is 3. The van der Waals surface area contributed by atoms with Gasteiger partial charge in [0.1, 0.15) is 12.2 Å². The third-order valence-electron chi connectivity index (χ3n) is 9.57. The van der Waals surface area contributed by atoms with E-state index in [4.69, 9.17) is 18.5 Å². The molecule has 0 aliphatic heterocycles. The number of carbonyl (C=O) groups excluding carboxylic acids is 2. The van der Waals surface area contributed by atoms with Crippen LogP contribution in [0.25, 0.3) is 0 Å². The number of aliphatic hydroxyl groups is 2. The Morgan fingerprint density at radius 1 is 0.442 bits per heavy atom. The number of phosphoric ester groups is 1. The van der Waals surface area contributed by atoms with Crippen LogP contribution in [0.1, 0.15) is 213 Å². The number of aliphatic hydroxyl groups excluding tert-OH is 2. The van der Waals surface area contributed by atoms with Gasteiger partial charge in [-0.3, -0.25) is 18.6 Å². The third kappa shape index (κ3) is 36.0. The highest BCUT2D eigenvalue weighted by Crippen LogP contribution is 2.43. The van der Waals surface area contributed by atoms with Crippen LogP contribution in [0.2, 0.25) is 0 Å². The maximum atomic E-state index is 12.3. The Balaban J connectivity index is 3.77. The minimum absolute atomic E-state index is 0.195. The first-order valence-electron chi connectivity index (χ1n) is 21.5. The van der Waals surface area contributed by atoms with E-state index < -0.39 is 58.4 Å². The number of rotatable bonds is 41. The van der Waals surface area contributed by atoms with Crippen molar-refractivity contribution >= 4 is 19.8 Å². The van der Waals surface area contributed by atoms with E-state index in [1.165, 1.54) is 135 Å². The lowest BCUT2D eigenvalue weighted by molar-refractivity contribution is -0.153. The van der Waals surface area contributed by atoms with E-state index in [1.807, 2.05) is 0 Å². The number of esters is 2. The van der Waals surface area contributed by atoms with Crippen molar-refractivity contribution in [1.82, 2.24) is 0 Å². The highest BCUT2D eigenvalue weighted by molar-refractivity contribution is 7.47. The summed E-state index contributed by atoms with van der Waals surface area (Å²) >= 11 is 0. The topological polar surface area (TPSA) is 149 Å². The lowest BCUT2D eigenvalue weighted by Crippen LogP contribution is -2.28. The summed E-state index contributed by atoms with van der Waals surface area (Å²) in [7, 11) is -4.62. The summed E-state index contributed by atoms with van der Waals surface area (Å²) in [6.45, 7) is 2.18. The Morgan fingerprint density at radius 3 is 0.904 bits per heavy atom. The standard InChI is InChI=1S/C41H81O10P/c1-3-5-7-9-11-12-13-14-15-16-17-18-19-20-21-22-23-24-25-27-29-31-33-41(45)51-39(35-43)37-49-52(46,47)48-36-38(34-42)50-40(44)32-30-28-26-10-8-6-4-2/h38-39,42-43H,3-37H2,1-2H3,(H,46,47). The summed E-state index contributed by atoms with van der Waals surface area (Å²) in [5, 5.41) is 19.1. The van der Waals surface area contributed by atoms with E-state index in [2.05, 4.69) is 13.8 Å². The predicted molar refractivity (Wildman–Crippen MR) is 210 cm³/mol. The second-order valence-electron chi connectivity index (χ2n) is 14.7. The molecular formula is C41H81O10P. The predicted octanol–water partition coefficient (Wildman–Crippen LogP) is 11.1. The molecule has 3 N–H and O–H groups in total. The van der Waals surface area contributed by atoms with Crippen LogP contribution in [0.4, 0.5) is 0 Å². The first-order valence-corrected chi connectivity index (χ1v) is 23.0. The molecule has 0 amide bonds. The monoisotopic (exact) mass is 765 g/mol. The molecule has 0 saturated heterocycles. The van der Waals surface area contributed by atoms with Crippen molar-refractivity contribution in [3.05, 3.63) is 0 Å². The second kappa shape index (κ2) is 38.3. The smallest absolute Gasteiger partial charge is 0.457 e. The summed E-state index contributed by atoms with van der Waals surface area (Å²) in [4.78, 5) is 34.3. The Kier molecular flexibility index (Phi) is 37.5. The molecule has 3 atom stereocenters. The maximum absolute atomic E-state index is 12.3. The van der Waals surface area contributed by atoms with Crippen LogP contribution < -0.4 is 0 Å². The van der Waals surface area contributed by atoms with Gasteiger partial charge >= 0.3 is 19.8 Å². The van der Waals surface area contributed by atoms with Crippen LogP contribution in [0.5, 0.6) is 0 Å². The summed E-state index contributed by atoms with van der Waals surface area (Å²) in [6, 6.07) is 0. The Labute approximate surface area is 318 Å². The normalized spacial score (nSPS) is 13.9. The molecule has 3 unspecified atom stereocenters. The minimum Gasteiger partial charge on any atom is -0.457 e. The lowest BCUT2D eigenvalue weighted by atomic mass is 10.0. The molecule has 0 rings (SSSR count). The maximum Gasteiger partial charge on any atom is 0.472 e. The molecule has 0 aliphatic rings. The van der Waals surface area contributed by atoms with Crippen molar-refractivity contribution in [2.24, 2.45) is 0 Å². The zero-order valence-electron chi connectivity index (χ0n) is 33.6. The summed E-state index contributed by atoms with van der Waals surface area (Å²) < 4.78 is 32.4. The molecule has 0 heterocycles. The van der Waals surface area contributed by atoms with Gasteiger partial charge in [0.05, 0.1) is 26.4 Å². The van der Waals surface area contributed by atoms with Gasteiger partial charge in [0.15, 0.2) is 0 Å². The average molecular weight is 765 g/mol. The van der Waals surface area contributed by atoms with Crippen molar-refractivity contribution in [3.63, 3.8) is 0 Å². The Bertz CT molecular complexity index is 842. The highest BCUT2D eigenvalue weighted by atomic mass is 31.2. The van der Waals surface area contributed by atoms with Crippen LogP contribution in [0.15, 0.2) is 0 Å². The molecule has 0 spiro atoms. The molecule has 0 aromatic heterocycles.